The van der Waals surface area contributed by atoms with Crippen LogP contribution in [0.1, 0.15) is 31.9 Å². The average molecular weight is 438 g/mol. The Morgan fingerprint density at radius 2 is 1.81 bits per heavy atom. The van der Waals surface area contributed by atoms with Crippen molar-refractivity contribution in [2.75, 3.05) is 38.8 Å². The van der Waals surface area contributed by atoms with Gasteiger partial charge >= 0.3 is 0 Å². The van der Waals surface area contributed by atoms with Crippen LogP contribution in [0.4, 0.5) is 5.69 Å². The number of anilines is 1. The molecule has 0 aliphatic heterocycles. The van der Waals surface area contributed by atoms with Crippen LogP contribution in [0.15, 0.2) is 42.0 Å². The number of hydrogen-bond acceptors (Lipinski definition) is 6. The van der Waals surface area contributed by atoms with Crippen LogP contribution in [0, 0.1) is 11.3 Å². The number of benzene rings is 2. The van der Waals surface area contributed by atoms with Crippen LogP contribution < -0.4 is 24.4 Å². The van der Waals surface area contributed by atoms with E-state index in [0.717, 1.165) is 24.3 Å². The molecule has 0 heterocycles. The van der Waals surface area contributed by atoms with E-state index in [9.17, 15) is 10.1 Å². The number of carbonyl (C=O) groups excluding carboxylic acids is 1. The van der Waals surface area contributed by atoms with E-state index in [1.54, 1.807) is 32.4 Å². The first kappa shape index (κ1) is 24.6. The van der Waals surface area contributed by atoms with Crippen LogP contribution in [-0.4, -0.2) is 39.8 Å². The SMILES string of the molecule is CCOc1cc(N(CC)CC)ccc1/C=C(\C#N)C(=O)NCc1ccc(OC)cc1OC. The third kappa shape index (κ3) is 6.17. The van der Waals surface area contributed by atoms with Crippen molar-refractivity contribution in [1.82, 2.24) is 5.32 Å². The van der Waals surface area contributed by atoms with Crippen molar-refractivity contribution in [2.45, 2.75) is 27.3 Å². The highest BCUT2D eigenvalue weighted by molar-refractivity contribution is 6.02. The summed E-state index contributed by atoms with van der Waals surface area (Å²) in [6.07, 6.45) is 1.55. The predicted molar refractivity (Wildman–Crippen MR) is 126 cm³/mol. The van der Waals surface area contributed by atoms with E-state index in [1.165, 1.54) is 0 Å². The Bertz CT molecular complexity index is 991. The molecular weight excluding hydrogens is 406 g/mol. The molecule has 0 fully saturated rings. The van der Waals surface area contributed by atoms with Crippen LogP contribution in [0.25, 0.3) is 6.08 Å². The minimum Gasteiger partial charge on any atom is -0.497 e. The molecule has 7 heteroatoms. The normalized spacial score (nSPS) is 10.8. The topological polar surface area (TPSA) is 83.8 Å². The van der Waals surface area contributed by atoms with Crippen LogP contribution in [0.5, 0.6) is 17.2 Å². The lowest BCUT2D eigenvalue weighted by atomic mass is 10.1. The molecule has 0 saturated heterocycles. The van der Waals surface area contributed by atoms with Gasteiger partial charge in [0.2, 0.25) is 0 Å². The van der Waals surface area contributed by atoms with Gasteiger partial charge in [-0.1, -0.05) is 0 Å². The maximum Gasteiger partial charge on any atom is 0.262 e. The molecule has 0 saturated carbocycles. The standard InChI is InChI=1S/C25H31N3O4/c1-6-28(7-2)21-11-9-18(24(14-21)32-8-3)13-20(16-26)25(29)27-17-19-10-12-22(30-4)15-23(19)31-5/h9-15H,6-8,17H2,1-5H3,(H,27,29)/b20-13+. The van der Waals surface area contributed by atoms with E-state index in [-0.39, 0.29) is 12.1 Å². The van der Waals surface area contributed by atoms with Gasteiger partial charge in [0.05, 0.1) is 20.8 Å². The van der Waals surface area contributed by atoms with Crippen molar-refractivity contribution in [3.63, 3.8) is 0 Å². The Morgan fingerprint density at radius 1 is 1.06 bits per heavy atom. The van der Waals surface area contributed by atoms with Gasteiger partial charge in [-0.05, 0) is 51.1 Å². The predicted octanol–water partition coefficient (Wildman–Crippen LogP) is 4.17. The summed E-state index contributed by atoms with van der Waals surface area (Å²) in [5, 5.41) is 12.4. The van der Waals surface area contributed by atoms with Gasteiger partial charge in [-0.25, -0.2) is 0 Å². The first-order valence-electron chi connectivity index (χ1n) is 10.6. The number of ether oxygens (including phenoxy) is 3. The fourth-order valence-corrected chi connectivity index (χ4v) is 3.28. The van der Waals surface area contributed by atoms with Gasteiger partial charge in [-0.3, -0.25) is 4.79 Å². The monoisotopic (exact) mass is 437 g/mol. The number of carbonyl (C=O) groups is 1. The Hall–Kier alpha value is -3.66. The van der Waals surface area contributed by atoms with Gasteiger partial charge in [-0.2, -0.15) is 5.26 Å². The lowest BCUT2D eigenvalue weighted by molar-refractivity contribution is -0.117. The van der Waals surface area contributed by atoms with E-state index in [4.69, 9.17) is 14.2 Å². The van der Waals surface area contributed by atoms with Crippen LogP contribution in [0.3, 0.4) is 0 Å². The zero-order chi connectivity index (χ0) is 23.5. The molecule has 1 amide bonds. The highest BCUT2D eigenvalue weighted by atomic mass is 16.5. The largest absolute Gasteiger partial charge is 0.497 e. The molecule has 0 unspecified atom stereocenters. The molecule has 1 N–H and O–H groups in total. The van der Waals surface area contributed by atoms with Crippen molar-refractivity contribution in [3.8, 4) is 23.3 Å². The molecule has 0 spiro atoms. The number of rotatable bonds is 11. The van der Waals surface area contributed by atoms with Gasteiger partial charge in [0.15, 0.2) is 0 Å². The van der Waals surface area contributed by atoms with E-state index in [0.29, 0.717) is 29.4 Å². The second-order valence-electron chi connectivity index (χ2n) is 6.86. The summed E-state index contributed by atoms with van der Waals surface area (Å²) in [5.74, 6) is 1.42. The highest BCUT2D eigenvalue weighted by Crippen LogP contribution is 2.28. The average Bonchev–Trinajstić information content (AvgIpc) is 2.82. The first-order valence-corrected chi connectivity index (χ1v) is 10.6. The molecule has 0 radical (unpaired) electrons. The maximum absolute atomic E-state index is 12.7. The minimum absolute atomic E-state index is 0.00554. The Morgan fingerprint density at radius 3 is 2.41 bits per heavy atom. The molecule has 0 aliphatic rings. The van der Waals surface area contributed by atoms with E-state index in [2.05, 4.69) is 24.1 Å². The molecule has 0 aliphatic carbocycles. The van der Waals surface area contributed by atoms with E-state index >= 15 is 0 Å². The van der Waals surface area contributed by atoms with Crippen LogP contribution in [0.2, 0.25) is 0 Å². The molecule has 0 atom stereocenters. The van der Waals surface area contributed by atoms with E-state index in [1.807, 2.05) is 37.3 Å². The van der Waals surface area contributed by atoms with Crippen molar-refractivity contribution < 1.29 is 19.0 Å². The highest BCUT2D eigenvalue weighted by Gasteiger charge is 2.14. The van der Waals surface area contributed by atoms with Gasteiger partial charge in [0.25, 0.3) is 5.91 Å². The maximum atomic E-state index is 12.7. The number of hydrogen-bond donors (Lipinski definition) is 1. The third-order valence-electron chi connectivity index (χ3n) is 5.02. The molecular formula is C25H31N3O4. The van der Waals surface area contributed by atoms with Gasteiger partial charge in [0, 0.05) is 48.6 Å². The summed E-state index contributed by atoms with van der Waals surface area (Å²) in [4.78, 5) is 14.9. The summed E-state index contributed by atoms with van der Waals surface area (Å²) >= 11 is 0. The van der Waals surface area contributed by atoms with Crippen LogP contribution >= 0.6 is 0 Å². The Kier molecular flexibility index (Phi) is 9.43. The third-order valence-corrected chi connectivity index (χ3v) is 5.02. The summed E-state index contributed by atoms with van der Waals surface area (Å²) in [5.41, 5.74) is 2.48. The second kappa shape index (κ2) is 12.3. The van der Waals surface area contributed by atoms with Gasteiger partial charge in [-0.15, -0.1) is 0 Å². The molecule has 7 nitrogen and oxygen atoms in total. The molecule has 2 aromatic carbocycles. The van der Waals surface area contributed by atoms with Gasteiger partial charge in [0.1, 0.15) is 28.9 Å². The summed E-state index contributed by atoms with van der Waals surface area (Å²) in [6.45, 7) is 8.52. The molecule has 170 valence electrons. The Labute approximate surface area is 190 Å². The number of nitriles is 1. The summed E-state index contributed by atoms with van der Waals surface area (Å²) in [6, 6.07) is 13.1. The molecule has 0 aromatic heterocycles. The lowest BCUT2D eigenvalue weighted by Crippen LogP contribution is -2.24. The number of nitrogens with one attached hydrogen (secondary N) is 1. The second-order valence-corrected chi connectivity index (χ2v) is 6.86. The zero-order valence-electron chi connectivity index (χ0n) is 19.4. The minimum atomic E-state index is -0.472. The molecule has 2 rings (SSSR count). The van der Waals surface area contributed by atoms with Crippen molar-refractivity contribution in [2.24, 2.45) is 0 Å². The number of nitrogens with zero attached hydrogens (tertiary/aromatic N) is 2. The summed E-state index contributed by atoms with van der Waals surface area (Å²) < 4.78 is 16.3. The van der Waals surface area contributed by atoms with Crippen molar-refractivity contribution >= 4 is 17.7 Å². The molecule has 0 bridgehead atoms. The Balaban J connectivity index is 2.25. The van der Waals surface area contributed by atoms with Crippen molar-refractivity contribution in [1.29, 1.82) is 5.26 Å². The lowest BCUT2D eigenvalue weighted by Gasteiger charge is -2.22. The summed E-state index contributed by atoms with van der Waals surface area (Å²) in [7, 11) is 3.13. The quantitative estimate of drug-likeness (QED) is 0.420. The fraction of sp³-hybridized carbons (Fsp3) is 0.360. The first-order chi connectivity index (χ1) is 15.5. The van der Waals surface area contributed by atoms with Gasteiger partial charge < -0.3 is 24.4 Å². The fourth-order valence-electron chi connectivity index (χ4n) is 3.28. The smallest absolute Gasteiger partial charge is 0.262 e. The van der Waals surface area contributed by atoms with E-state index < -0.39 is 5.91 Å². The number of amides is 1. The zero-order valence-corrected chi connectivity index (χ0v) is 19.4. The van der Waals surface area contributed by atoms with Crippen LogP contribution in [-0.2, 0) is 11.3 Å². The molecule has 2 aromatic rings. The molecule has 32 heavy (non-hydrogen) atoms. The van der Waals surface area contributed by atoms with Crippen molar-refractivity contribution in [3.05, 3.63) is 53.1 Å². The number of methoxy groups -OCH3 is 2.